The molecule has 8 heteroatoms. The molecule has 0 atom stereocenters. The van der Waals surface area contributed by atoms with Crippen LogP contribution in [-0.4, -0.2) is 40.7 Å². The zero-order valence-corrected chi connectivity index (χ0v) is 16.1. The molecule has 1 N–H and O–H groups in total. The highest BCUT2D eigenvalue weighted by molar-refractivity contribution is 5.91. The average molecular weight is 395 g/mol. The maximum absolute atomic E-state index is 13.0. The SMILES string of the molecule is CC(C)(C)OC(=O)N1CCC(Nc2cccc3ncc(C(F)(F)F)cc23)CC1. The molecule has 0 bridgehead atoms. The third-order valence-corrected chi connectivity index (χ3v) is 4.56. The lowest BCUT2D eigenvalue weighted by Gasteiger charge is -2.34. The molecule has 28 heavy (non-hydrogen) atoms. The minimum Gasteiger partial charge on any atom is -0.444 e. The summed E-state index contributed by atoms with van der Waals surface area (Å²) in [7, 11) is 0. The van der Waals surface area contributed by atoms with Gasteiger partial charge in [-0.15, -0.1) is 0 Å². The van der Waals surface area contributed by atoms with Crippen molar-refractivity contribution in [2.24, 2.45) is 0 Å². The molecule has 1 saturated heterocycles. The van der Waals surface area contributed by atoms with Crippen molar-refractivity contribution >= 4 is 22.7 Å². The van der Waals surface area contributed by atoms with Crippen LogP contribution in [0, 0.1) is 0 Å². The summed E-state index contributed by atoms with van der Waals surface area (Å²) in [6.07, 6.45) is -2.56. The van der Waals surface area contributed by atoms with Crippen molar-refractivity contribution in [2.75, 3.05) is 18.4 Å². The summed E-state index contributed by atoms with van der Waals surface area (Å²) in [5.41, 5.74) is -0.191. The van der Waals surface area contributed by atoms with Crippen molar-refractivity contribution in [1.29, 1.82) is 0 Å². The van der Waals surface area contributed by atoms with Gasteiger partial charge in [-0.3, -0.25) is 4.98 Å². The first-order valence-electron chi connectivity index (χ1n) is 9.23. The number of fused-ring (bicyclic) bond motifs is 1. The van der Waals surface area contributed by atoms with E-state index in [4.69, 9.17) is 4.74 Å². The normalized spacial score (nSPS) is 16.3. The van der Waals surface area contributed by atoms with E-state index in [-0.39, 0.29) is 12.1 Å². The van der Waals surface area contributed by atoms with Crippen molar-refractivity contribution in [3.8, 4) is 0 Å². The Morgan fingerprint density at radius 1 is 1.21 bits per heavy atom. The van der Waals surface area contributed by atoms with Gasteiger partial charge in [0.25, 0.3) is 0 Å². The molecule has 152 valence electrons. The van der Waals surface area contributed by atoms with E-state index in [1.807, 2.05) is 20.8 Å². The highest BCUT2D eigenvalue weighted by Gasteiger charge is 2.31. The molecule has 0 unspecified atom stereocenters. The van der Waals surface area contributed by atoms with E-state index in [1.54, 1.807) is 23.1 Å². The van der Waals surface area contributed by atoms with E-state index in [9.17, 15) is 18.0 Å². The van der Waals surface area contributed by atoms with Crippen LogP contribution >= 0.6 is 0 Å². The predicted octanol–water partition coefficient (Wildman–Crippen LogP) is 5.07. The summed E-state index contributed by atoms with van der Waals surface area (Å²) < 4.78 is 44.5. The smallest absolute Gasteiger partial charge is 0.417 e. The molecule has 1 aromatic heterocycles. The lowest BCUT2D eigenvalue weighted by molar-refractivity contribution is -0.137. The van der Waals surface area contributed by atoms with Crippen LogP contribution in [0.3, 0.4) is 0 Å². The number of carbonyl (C=O) groups is 1. The van der Waals surface area contributed by atoms with Gasteiger partial charge in [-0.1, -0.05) is 6.07 Å². The fourth-order valence-electron chi connectivity index (χ4n) is 3.18. The summed E-state index contributed by atoms with van der Waals surface area (Å²) in [5.74, 6) is 0. The molecular weight excluding hydrogens is 371 g/mol. The summed E-state index contributed by atoms with van der Waals surface area (Å²) in [5, 5.41) is 3.76. The zero-order chi connectivity index (χ0) is 20.5. The van der Waals surface area contributed by atoms with Gasteiger partial charge in [0.15, 0.2) is 0 Å². The first kappa shape index (κ1) is 20.2. The Morgan fingerprint density at radius 2 is 1.89 bits per heavy atom. The number of pyridine rings is 1. The van der Waals surface area contributed by atoms with Crippen LogP contribution in [-0.2, 0) is 10.9 Å². The highest BCUT2D eigenvalue weighted by Crippen LogP contribution is 2.33. The van der Waals surface area contributed by atoms with E-state index in [1.165, 1.54) is 0 Å². The number of hydrogen-bond donors (Lipinski definition) is 1. The number of halogens is 3. The number of nitrogens with zero attached hydrogens (tertiary/aromatic N) is 2. The van der Waals surface area contributed by atoms with Crippen molar-refractivity contribution < 1.29 is 22.7 Å². The minimum absolute atomic E-state index is 0.0545. The Morgan fingerprint density at radius 3 is 2.50 bits per heavy atom. The first-order valence-corrected chi connectivity index (χ1v) is 9.23. The number of piperidine rings is 1. The quantitative estimate of drug-likeness (QED) is 0.772. The van der Waals surface area contributed by atoms with Crippen molar-refractivity contribution in [1.82, 2.24) is 9.88 Å². The fourth-order valence-corrected chi connectivity index (χ4v) is 3.18. The Bertz CT molecular complexity index is 854. The fraction of sp³-hybridized carbons (Fsp3) is 0.500. The molecule has 0 aliphatic carbocycles. The maximum atomic E-state index is 13.0. The topological polar surface area (TPSA) is 54.5 Å². The van der Waals surface area contributed by atoms with Gasteiger partial charge in [0.2, 0.25) is 0 Å². The number of ether oxygens (including phenoxy) is 1. The Labute approximate surface area is 161 Å². The molecule has 0 radical (unpaired) electrons. The van der Waals surface area contributed by atoms with Crippen LogP contribution < -0.4 is 5.32 Å². The Kier molecular flexibility index (Phi) is 5.41. The van der Waals surface area contributed by atoms with Crippen LogP contribution in [0.25, 0.3) is 10.9 Å². The van der Waals surface area contributed by atoms with Crippen molar-refractivity contribution in [3.63, 3.8) is 0 Å². The monoisotopic (exact) mass is 395 g/mol. The van der Waals surface area contributed by atoms with E-state index in [0.717, 1.165) is 12.3 Å². The predicted molar refractivity (Wildman–Crippen MR) is 101 cm³/mol. The highest BCUT2D eigenvalue weighted by atomic mass is 19.4. The summed E-state index contributed by atoms with van der Waals surface area (Å²) in [6.45, 7) is 6.53. The van der Waals surface area contributed by atoms with Gasteiger partial charge < -0.3 is 15.0 Å². The van der Waals surface area contributed by atoms with Crippen LogP contribution in [0.15, 0.2) is 30.5 Å². The molecule has 2 heterocycles. The standard InChI is InChI=1S/C20H24F3N3O2/c1-19(2,3)28-18(27)26-9-7-14(8-10-26)25-17-6-4-5-16-15(17)11-13(12-24-16)20(21,22)23/h4-6,11-12,14,25H,7-10H2,1-3H3. The van der Waals surface area contributed by atoms with Gasteiger partial charge >= 0.3 is 12.3 Å². The number of nitrogens with one attached hydrogen (secondary N) is 1. The third-order valence-electron chi connectivity index (χ3n) is 4.56. The van der Waals surface area contributed by atoms with E-state index in [2.05, 4.69) is 10.3 Å². The number of likely N-dealkylation sites (tertiary alicyclic amines) is 1. The number of benzene rings is 1. The Balaban J connectivity index is 1.70. The van der Waals surface area contributed by atoms with Crippen LogP contribution in [0.5, 0.6) is 0 Å². The lowest BCUT2D eigenvalue weighted by Crippen LogP contribution is -2.44. The molecule has 1 aliphatic heterocycles. The molecule has 0 saturated carbocycles. The molecule has 5 nitrogen and oxygen atoms in total. The van der Waals surface area contributed by atoms with Crippen LogP contribution in [0.4, 0.5) is 23.7 Å². The minimum atomic E-state index is -4.44. The lowest BCUT2D eigenvalue weighted by atomic mass is 10.0. The van der Waals surface area contributed by atoms with E-state index < -0.39 is 17.3 Å². The number of anilines is 1. The van der Waals surface area contributed by atoms with Gasteiger partial charge in [0.05, 0.1) is 11.1 Å². The number of aromatic nitrogens is 1. The van der Waals surface area contributed by atoms with Crippen LogP contribution in [0.2, 0.25) is 0 Å². The van der Waals surface area contributed by atoms with Gasteiger partial charge in [0.1, 0.15) is 5.60 Å². The second-order valence-corrected chi connectivity index (χ2v) is 7.98. The summed E-state index contributed by atoms with van der Waals surface area (Å²) in [6, 6.07) is 6.39. The molecular formula is C20H24F3N3O2. The number of amides is 1. The number of hydrogen-bond acceptors (Lipinski definition) is 4. The number of carbonyl (C=O) groups excluding carboxylic acids is 1. The van der Waals surface area contributed by atoms with E-state index >= 15 is 0 Å². The maximum Gasteiger partial charge on any atom is 0.417 e. The van der Waals surface area contributed by atoms with Gasteiger partial charge in [-0.2, -0.15) is 13.2 Å². The molecule has 0 spiro atoms. The van der Waals surface area contributed by atoms with Gasteiger partial charge in [0, 0.05) is 36.4 Å². The van der Waals surface area contributed by atoms with Crippen molar-refractivity contribution in [3.05, 3.63) is 36.0 Å². The van der Waals surface area contributed by atoms with E-state index in [0.29, 0.717) is 42.5 Å². The van der Waals surface area contributed by atoms with Crippen molar-refractivity contribution in [2.45, 2.75) is 51.4 Å². The molecule has 1 fully saturated rings. The second-order valence-electron chi connectivity index (χ2n) is 7.98. The number of alkyl halides is 3. The average Bonchev–Trinajstić information content (AvgIpc) is 2.60. The van der Waals surface area contributed by atoms with Gasteiger partial charge in [-0.05, 0) is 51.8 Å². The molecule has 3 rings (SSSR count). The zero-order valence-electron chi connectivity index (χ0n) is 16.1. The third kappa shape index (κ3) is 4.85. The van der Waals surface area contributed by atoms with Gasteiger partial charge in [-0.25, -0.2) is 4.79 Å². The Hall–Kier alpha value is -2.51. The van der Waals surface area contributed by atoms with Crippen LogP contribution in [0.1, 0.15) is 39.2 Å². The summed E-state index contributed by atoms with van der Waals surface area (Å²) >= 11 is 0. The number of rotatable bonds is 2. The molecule has 1 aliphatic rings. The largest absolute Gasteiger partial charge is 0.444 e. The molecule has 2 aromatic rings. The molecule has 1 aromatic carbocycles. The summed E-state index contributed by atoms with van der Waals surface area (Å²) in [4.78, 5) is 17.8. The first-order chi connectivity index (χ1) is 13.0. The second kappa shape index (κ2) is 7.48. The molecule has 1 amide bonds.